The van der Waals surface area contributed by atoms with Crippen LogP contribution in [0.4, 0.5) is 0 Å². The van der Waals surface area contributed by atoms with Crippen molar-refractivity contribution in [2.45, 2.75) is 52.5 Å². The fourth-order valence-corrected chi connectivity index (χ4v) is 0.859. The summed E-state index contributed by atoms with van der Waals surface area (Å²) in [6.45, 7) is 8.55. The van der Waals surface area contributed by atoms with Gasteiger partial charge in [0, 0.05) is 5.59 Å². The van der Waals surface area contributed by atoms with Gasteiger partial charge < -0.3 is 0 Å². The van der Waals surface area contributed by atoms with Crippen molar-refractivity contribution in [1.82, 2.24) is 10.6 Å². The first kappa shape index (κ1) is 14.2. The molecule has 1 N–H and O–H groups in total. The lowest BCUT2D eigenvalue weighted by molar-refractivity contribution is -0.795. The second kappa shape index (κ2) is 6.61. The summed E-state index contributed by atoms with van der Waals surface area (Å²) >= 11 is 0. The van der Waals surface area contributed by atoms with E-state index in [0.717, 1.165) is 19.3 Å². The van der Waals surface area contributed by atoms with Gasteiger partial charge in [-0.05, 0) is 27.2 Å². The van der Waals surface area contributed by atoms with E-state index in [1.54, 1.807) is 7.05 Å². The molecule has 15 heavy (non-hydrogen) atoms. The molecule has 0 aliphatic heterocycles. The Hall–Kier alpha value is -0.840. The summed E-state index contributed by atoms with van der Waals surface area (Å²) in [7, 11) is 1.72. The Balaban J connectivity index is 3.66. The highest BCUT2D eigenvalue weighted by atomic mass is 16.7. The van der Waals surface area contributed by atoms with Crippen LogP contribution in [0, 0.1) is 4.91 Å². The van der Waals surface area contributed by atoms with E-state index >= 15 is 0 Å². The average molecular weight is 218 g/mol. The Kier molecular flexibility index (Phi) is 6.24. The summed E-state index contributed by atoms with van der Waals surface area (Å²) in [5, 5.41) is 1.53. The van der Waals surface area contributed by atoms with Gasteiger partial charge in [0.25, 0.3) is 4.98 Å². The van der Waals surface area contributed by atoms with Crippen LogP contribution < -0.4 is 5.59 Å². The standard InChI is InChI=1S/C10H24N3O2/c1-6-7-8-9-15-11-13(14)12(5)10(2,3)4/h6-9H2,1-5H3,(H,11,14)/q+1. The molecular formula is C10H24N3O2+. The number of nitroso groups, excluding NO2 is 1. The van der Waals surface area contributed by atoms with Crippen LogP contribution >= 0.6 is 0 Å². The van der Waals surface area contributed by atoms with Crippen LogP contribution in [0.3, 0.4) is 0 Å². The zero-order chi connectivity index (χ0) is 11.9. The molecular weight excluding hydrogens is 194 g/mol. The zero-order valence-corrected chi connectivity index (χ0v) is 10.5. The summed E-state index contributed by atoms with van der Waals surface area (Å²) in [5.41, 5.74) is 2.13. The SMILES string of the molecule is CCCCCON[N+](=O)N(C)C(C)(C)C. The monoisotopic (exact) mass is 218 g/mol. The highest BCUT2D eigenvalue weighted by Crippen LogP contribution is 2.08. The van der Waals surface area contributed by atoms with E-state index in [-0.39, 0.29) is 5.54 Å². The minimum atomic E-state index is -0.221. The van der Waals surface area contributed by atoms with E-state index < -0.39 is 0 Å². The van der Waals surface area contributed by atoms with Gasteiger partial charge in [-0.3, -0.25) is 0 Å². The molecule has 0 fully saturated rings. The van der Waals surface area contributed by atoms with E-state index in [1.165, 1.54) is 5.01 Å². The van der Waals surface area contributed by atoms with Crippen LogP contribution in [0.2, 0.25) is 0 Å². The van der Waals surface area contributed by atoms with Gasteiger partial charge in [0.05, 0.1) is 24.1 Å². The predicted molar refractivity (Wildman–Crippen MR) is 59.8 cm³/mol. The smallest absolute Gasteiger partial charge is 0.222 e. The van der Waals surface area contributed by atoms with E-state index in [0.29, 0.717) is 11.6 Å². The van der Waals surface area contributed by atoms with Crippen molar-refractivity contribution in [3.63, 3.8) is 0 Å². The lowest BCUT2D eigenvalue weighted by atomic mass is 10.1. The molecule has 0 radical (unpaired) electrons. The van der Waals surface area contributed by atoms with Gasteiger partial charge in [0.2, 0.25) is 0 Å². The molecule has 0 atom stereocenters. The molecule has 0 bridgehead atoms. The maximum absolute atomic E-state index is 11.4. The topological polar surface area (TPSA) is 44.6 Å². The van der Waals surface area contributed by atoms with Crippen LogP contribution in [0.1, 0.15) is 47.0 Å². The van der Waals surface area contributed by atoms with Gasteiger partial charge >= 0.3 is 0 Å². The Labute approximate surface area is 92.2 Å². The van der Waals surface area contributed by atoms with Crippen molar-refractivity contribution in [2.75, 3.05) is 13.7 Å². The molecule has 0 spiro atoms. The first-order valence-electron chi connectivity index (χ1n) is 5.48. The second-order valence-electron chi connectivity index (χ2n) is 4.61. The second-order valence-corrected chi connectivity index (χ2v) is 4.61. The molecule has 0 aliphatic rings. The van der Waals surface area contributed by atoms with Crippen LogP contribution in [-0.2, 0) is 4.84 Å². The fourth-order valence-electron chi connectivity index (χ4n) is 0.859. The van der Waals surface area contributed by atoms with Crippen LogP contribution in [0.15, 0.2) is 0 Å². The molecule has 0 aromatic heterocycles. The van der Waals surface area contributed by atoms with E-state index in [4.69, 9.17) is 4.84 Å². The number of nitrogens with one attached hydrogen (secondary N) is 1. The molecule has 0 saturated carbocycles. The number of rotatable bonds is 7. The molecule has 0 heterocycles. The van der Waals surface area contributed by atoms with Gasteiger partial charge in [-0.15, -0.1) is 5.01 Å². The Bertz CT molecular complexity index is 190. The minimum absolute atomic E-state index is 0.221. The number of nitrogens with zero attached hydrogens (tertiary/aromatic N) is 2. The maximum atomic E-state index is 11.4. The highest BCUT2D eigenvalue weighted by Gasteiger charge is 2.29. The number of hydrogen-bond acceptors (Lipinski definition) is 2. The Morgan fingerprint density at radius 3 is 2.40 bits per heavy atom. The zero-order valence-electron chi connectivity index (χ0n) is 10.5. The van der Waals surface area contributed by atoms with Crippen LogP contribution in [-0.4, -0.2) is 29.2 Å². The third-order valence-electron chi connectivity index (χ3n) is 2.24. The average Bonchev–Trinajstić information content (AvgIpc) is 2.14. The highest BCUT2D eigenvalue weighted by molar-refractivity contribution is 4.64. The molecule has 90 valence electrons. The Morgan fingerprint density at radius 1 is 1.33 bits per heavy atom. The van der Waals surface area contributed by atoms with E-state index in [2.05, 4.69) is 12.5 Å². The predicted octanol–water partition coefficient (Wildman–Crippen LogP) is 2.04. The molecule has 0 rings (SSSR count). The molecule has 0 aromatic carbocycles. The molecule has 0 unspecified atom stereocenters. The number of hydrazine groups is 2. The Morgan fingerprint density at radius 2 is 1.93 bits per heavy atom. The third-order valence-corrected chi connectivity index (χ3v) is 2.24. The fraction of sp³-hybridized carbons (Fsp3) is 1.00. The van der Waals surface area contributed by atoms with Gasteiger partial charge in [-0.25, -0.2) is 4.84 Å². The summed E-state index contributed by atoms with van der Waals surface area (Å²) in [6.07, 6.45) is 3.23. The van der Waals surface area contributed by atoms with Crippen molar-refractivity contribution >= 4 is 0 Å². The molecule has 0 aromatic rings. The molecule has 0 aliphatic carbocycles. The summed E-state index contributed by atoms with van der Waals surface area (Å²) in [5.74, 6) is 0. The van der Waals surface area contributed by atoms with Crippen molar-refractivity contribution in [2.24, 2.45) is 0 Å². The van der Waals surface area contributed by atoms with Gasteiger partial charge in [-0.1, -0.05) is 19.8 Å². The minimum Gasteiger partial charge on any atom is -0.222 e. The molecule has 5 heteroatoms. The van der Waals surface area contributed by atoms with Crippen LogP contribution in [0.25, 0.3) is 0 Å². The quantitative estimate of drug-likeness (QED) is 0.403. The number of hydrogen-bond donors (Lipinski definition) is 1. The van der Waals surface area contributed by atoms with Crippen molar-refractivity contribution in [3.05, 3.63) is 4.91 Å². The molecule has 0 amide bonds. The van der Waals surface area contributed by atoms with Gasteiger partial charge in [0.1, 0.15) is 0 Å². The molecule has 0 saturated heterocycles. The van der Waals surface area contributed by atoms with Crippen LogP contribution in [0.5, 0.6) is 0 Å². The lowest BCUT2D eigenvalue weighted by Gasteiger charge is -2.22. The molecule has 5 nitrogen and oxygen atoms in total. The number of unbranched alkanes of at least 4 members (excludes halogenated alkanes) is 2. The van der Waals surface area contributed by atoms with Gasteiger partial charge in [0.15, 0.2) is 0 Å². The van der Waals surface area contributed by atoms with Gasteiger partial charge in [-0.2, -0.15) is 0 Å². The van der Waals surface area contributed by atoms with Crippen molar-refractivity contribution in [1.29, 1.82) is 0 Å². The van der Waals surface area contributed by atoms with Crippen molar-refractivity contribution < 1.29 is 9.82 Å². The van der Waals surface area contributed by atoms with Crippen molar-refractivity contribution in [3.8, 4) is 0 Å². The normalized spacial score (nSPS) is 11.3. The third kappa shape index (κ3) is 6.28. The van der Waals surface area contributed by atoms with E-state index in [1.807, 2.05) is 20.8 Å². The summed E-state index contributed by atoms with van der Waals surface area (Å²) < 4.78 is 0. The maximum Gasteiger partial charge on any atom is 0.274 e. The largest absolute Gasteiger partial charge is 0.274 e. The summed E-state index contributed by atoms with van der Waals surface area (Å²) in [4.78, 5) is 17.1. The first-order valence-corrected chi connectivity index (χ1v) is 5.48. The summed E-state index contributed by atoms with van der Waals surface area (Å²) in [6, 6.07) is 0. The first-order chi connectivity index (χ1) is 6.89. The van der Waals surface area contributed by atoms with E-state index in [9.17, 15) is 4.91 Å². The lowest BCUT2D eigenvalue weighted by Crippen LogP contribution is -2.49.